The summed E-state index contributed by atoms with van der Waals surface area (Å²) in [4.78, 5) is 7.07. The summed E-state index contributed by atoms with van der Waals surface area (Å²) >= 11 is 3.48. The molecule has 84 valence electrons. The predicted molar refractivity (Wildman–Crippen MR) is 65.1 cm³/mol. The zero-order valence-corrected chi connectivity index (χ0v) is 10.5. The number of halogens is 2. The van der Waals surface area contributed by atoms with E-state index in [1.54, 1.807) is 18.5 Å². The molecule has 4 heteroatoms. The van der Waals surface area contributed by atoms with E-state index in [1.807, 2.05) is 19.1 Å². The van der Waals surface area contributed by atoms with E-state index >= 15 is 0 Å². The number of aromatic nitrogens is 2. The minimum atomic E-state index is -0.173. The smallest absolute Gasteiger partial charge is 0.127 e. The number of nitrogens with one attached hydrogen (secondary N) is 1. The molecule has 1 atom stereocenters. The maximum atomic E-state index is 13.7. The van der Waals surface area contributed by atoms with Gasteiger partial charge in [-0.05, 0) is 18.6 Å². The number of rotatable bonds is 3. The highest BCUT2D eigenvalue weighted by Crippen LogP contribution is 2.28. The van der Waals surface area contributed by atoms with Crippen molar-refractivity contribution in [2.45, 2.75) is 18.2 Å². The molecule has 0 aliphatic heterocycles. The quantitative estimate of drug-likeness (QED) is 0.858. The highest BCUT2D eigenvalue weighted by molar-refractivity contribution is 9.09. The molecule has 2 nitrogen and oxygen atoms in total. The topological polar surface area (TPSA) is 28.7 Å². The summed E-state index contributed by atoms with van der Waals surface area (Å²) in [7, 11) is 0. The van der Waals surface area contributed by atoms with Crippen molar-refractivity contribution >= 4 is 15.9 Å². The maximum absolute atomic E-state index is 13.7. The Labute approximate surface area is 102 Å². The van der Waals surface area contributed by atoms with Crippen LogP contribution in [0.15, 0.2) is 30.6 Å². The minimum Gasteiger partial charge on any atom is -0.349 e. The molecule has 0 radical (unpaired) electrons. The van der Waals surface area contributed by atoms with Crippen LogP contribution in [0.5, 0.6) is 0 Å². The van der Waals surface area contributed by atoms with E-state index in [2.05, 4.69) is 25.9 Å². The number of hydrogen-bond donors (Lipinski definition) is 1. The summed E-state index contributed by atoms with van der Waals surface area (Å²) < 4.78 is 13.7. The molecule has 1 aromatic carbocycles. The number of benzene rings is 1. The Kier molecular flexibility index (Phi) is 3.39. The van der Waals surface area contributed by atoms with Crippen LogP contribution in [0.4, 0.5) is 4.39 Å². The van der Waals surface area contributed by atoms with Gasteiger partial charge >= 0.3 is 0 Å². The Morgan fingerprint density at radius 1 is 1.50 bits per heavy atom. The number of aryl methyl sites for hydroxylation is 1. The van der Waals surface area contributed by atoms with E-state index in [1.165, 1.54) is 0 Å². The predicted octanol–water partition coefficient (Wildman–Crippen LogP) is 3.54. The summed E-state index contributed by atoms with van der Waals surface area (Å²) in [5.41, 5.74) is 1.60. The maximum Gasteiger partial charge on any atom is 0.127 e. The first-order valence-corrected chi connectivity index (χ1v) is 5.97. The molecule has 0 amide bonds. The third kappa shape index (κ3) is 2.50. The van der Waals surface area contributed by atoms with Gasteiger partial charge in [0.2, 0.25) is 0 Å². The van der Waals surface area contributed by atoms with Crippen LogP contribution in [0.3, 0.4) is 0 Å². The van der Waals surface area contributed by atoms with Crippen molar-refractivity contribution in [2.75, 3.05) is 0 Å². The number of alkyl halides is 1. The van der Waals surface area contributed by atoms with Gasteiger partial charge < -0.3 is 4.98 Å². The standard InChI is InChI=1S/C12H12BrFN2/c1-8-2-3-9(11(14)6-8)10(13)7-12-15-4-5-16-12/h2-6,10H,7H2,1H3,(H,15,16). The van der Waals surface area contributed by atoms with E-state index in [9.17, 15) is 4.39 Å². The molecule has 16 heavy (non-hydrogen) atoms. The van der Waals surface area contributed by atoms with Gasteiger partial charge in [-0.1, -0.05) is 28.1 Å². The first-order valence-electron chi connectivity index (χ1n) is 5.05. The Hall–Kier alpha value is -1.16. The first kappa shape index (κ1) is 11.3. The lowest BCUT2D eigenvalue weighted by Crippen LogP contribution is -2.00. The van der Waals surface area contributed by atoms with E-state index in [4.69, 9.17) is 0 Å². The van der Waals surface area contributed by atoms with Gasteiger partial charge in [0.25, 0.3) is 0 Å². The van der Waals surface area contributed by atoms with Crippen molar-refractivity contribution < 1.29 is 4.39 Å². The number of imidazole rings is 1. The second-order valence-corrected chi connectivity index (χ2v) is 4.84. The Bertz CT molecular complexity index is 468. The zero-order chi connectivity index (χ0) is 11.5. The average molecular weight is 283 g/mol. The van der Waals surface area contributed by atoms with E-state index in [0.717, 1.165) is 11.4 Å². The first-order chi connectivity index (χ1) is 7.66. The van der Waals surface area contributed by atoms with Crippen LogP contribution in [0.2, 0.25) is 0 Å². The lowest BCUT2D eigenvalue weighted by molar-refractivity contribution is 0.605. The van der Waals surface area contributed by atoms with Gasteiger partial charge in [-0.2, -0.15) is 0 Å². The van der Waals surface area contributed by atoms with Crippen LogP contribution in [0.25, 0.3) is 0 Å². The van der Waals surface area contributed by atoms with Gasteiger partial charge in [-0.3, -0.25) is 0 Å². The van der Waals surface area contributed by atoms with Crippen molar-refractivity contribution in [1.82, 2.24) is 9.97 Å². The third-order valence-electron chi connectivity index (χ3n) is 2.42. The molecule has 0 saturated carbocycles. The minimum absolute atomic E-state index is 0.0563. The van der Waals surface area contributed by atoms with Crippen molar-refractivity contribution in [3.05, 3.63) is 53.4 Å². The molecule has 0 bridgehead atoms. The lowest BCUT2D eigenvalue weighted by atomic mass is 10.1. The van der Waals surface area contributed by atoms with Crippen LogP contribution in [0, 0.1) is 12.7 Å². The summed E-state index contributed by atoms with van der Waals surface area (Å²) in [5, 5.41) is 0. The second-order valence-electron chi connectivity index (χ2n) is 3.73. The molecule has 2 aromatic rings. The molecule has 0 saturated heterocycles. The van der Waals surface area contributed by atoms with Crippen molar-refractivity contribution in [2.24, 2.45) is 0 Å². The largest absolute Gasteiger partial charge is 0.349 e. The summed E-state index contributed by atoms with van der Waals surface area (Å²) in [5.74, 6) is 0.676. The van der Waals surface area contributed by atoms with Gasteiger partial charge in [-0.25, -0.2) is 9.37 Å². The number of hydrogen-bond acceptors (Lipinski definition) is 1. The number of nitrogens with zero attached hydrogens (tertiary/aromatic N) is 1. The Morgan fingerprint density at radius 2 is 2.31 bits per heavy atom. The molecule has 0 spiro atoms. The molecule has 2 rings (SSSR count). The average Bonchev–Trinajstić information content (AvgIpc) is 2.70. The lowest BCUT2D eigenvalue weighted by Gasteiger charge is -2.10. The molecule has 0 fully saturated rings. The Balaban J connectivity index is 2.17. The normalized spacial score (nSPS) is 12.7. The molecule has 1 aromatic heterocycles. The highest BCUT2D eigenvalue weighted by Gasteiger charge is 2.14. The zero-order valence-electron chi connectivity index (χ0n) is 8.87. The molecule has 1 unspecified atom stereocenters. The van der Waals surface area contributed by atoms with Crippen LogP contribution in [0.1, 0.15) is 21.8 Å². The van der Waals surface area contributed by atoms with Gasteiger partial charge in [0, 0.05) is 29.2 Å². The van der Waals surface area contributed by atoms with Crippen molar-refractivity contribution in [3.63, 3.8) is 0 Å². The molecule has 1 heterocycles. The summed E-state index contributed by atoms with van der Waals surface area (Å²) in [6, 6.07) is 5.27. The van der Waals surface area contributed by atoms with Crippen molar-refractivity contribution in [1.29, 1.82) is 0 Å². The molecular formula is C12H12BrFN2. The van der Waals surface area contributed by atoms with Gasteiger partial charge in [0.05, 0.1) is 0 Å². The summed E-state index contributed by atoms with van der Waals surface area (Å²) in [6.07, 6.45) is 4.11. The molecule has 1 N–H and O–H groups in total. The Morgan fingerprint density at radius 3 is 2.94 bits per heavy atom. The number of aromatic amines is 1. The van der Waals surface area contributed by atoms with Crippen LogP contribution >= 0.6 is 15.9 Å². The SMILES string of the molecule is Cc1ccc(C(Br)Cc2ncc[nH]2)c(F)c1. The highest BCUT2D eigenvalue weighted by atomic mass is 79.9. The van der Waals surface area contributed by atoms with Crippen LogP contribution in [-0.4, -0.2) is 9.97 Å². The molecular weight excluding hydrogens is 271 g/mol. The monoisotopic (exact) mass is 282 g/mol. The number of H-pyrrole nitrogens is 1. The van der Waals surface area contributed by atoms with Gasteiger partial charge in [0.1, 0.15) is 11.6 Å². The van der Waals surface area contributed by atoms with E-state index in [-0.39, 0.29) is 10.6 Å². The summed E-state index contributed by atoms with van der Waals surface area (Å²) in [6.45, 7) is 1.88. The van der Waals surface area contributed by atoms with Gasteiger partial charge in [0.15, 0.2) is 0 Å². The van der Waals surface area contributed by atoms with Gasteiger partial charge in [-0.15, -0.1) is 0 Å². The third-order valence-corrected chi connectivity index (χ3v) is 3.24. The second kappa shape index (κ2) is 4.78. The fraction of sp³-hybridized carbons (Fsp3) is 0.250. The van der Waals surface area contributed by atoms with E-state index in [0.29, 0.717) is 12.0 Å². The molecule has 0 aliphatic rings. The molecule has 0 aliphatic carbocycles. The van der Waals surface area contributed by atoms with Crippen LogP contribution in [-0.2, 0) is 6.42 Å². The fourth-order valence-electron chi connectivity index (χ4n) is 1.58. The van der Waals surface area contributed by atoms with Crippen molar-refractivity contribution in [3.8, 4) is 0 Å². The van der Waals surface area contributed by atoms with E-state index < -0.39 is 0 Å². The fourth-order valence-corrected chi connectivity index (χ4v) is 2.25. The van der Waals surface area contributed by atoms with Crippen LogP contribution < -0.4 is 0 Å².